The molecule has 0 aromatic heterocycles. The Morgan fingerprint density at radius 2 is 1.45 bits per heavy atom. The third kappa shape index (κ3) is 5.48. The van der Waals surface area contributed by atoms with E-state index in [4.69, 9.17) is 23.2 Å². The second-order valence-corrected chi connectivity index (χ2v) is 9.69. The molecule has 0 spiro atoms. The highest BCUT2D eigenvalue weighted by Crippen LogP contribution is 2.33. The van der Waals surface area contributed by atoms with Crippen LogP contribution in [-0.2, 0) is 14.8 Å². The molecule has 8 nitrogen and oxygen atoms in total. The van der Waals surface area contributed by atoms with E-state index in [0.717, 1.165) is 0 Å². The molecule has 1 aliphatic rings. The number of sulfonamides is 1. The van der Waals surface area contributed by atoms with Crippen molar-refractivity contribution in [3.63, 3.8) is 0 Å². The molecule has 0 saturated carbocycles. The highest BCUT2D eigenvalue weighted by molar-refractivity contribution is 7.89. The third-order valence-corrected chi connectivity index (χ3v) is 7.83. The Morgan fingerprint density at radius 3 is 1.97 bits per heavy atom. The topological polar surface area (TPSA) is 108 Å². The number of hydrogen-bond acceptors (Lipinski definition) is 4. The number of nitrogens with zero attached hydrogens (tertiary/aromatic N) is 1. The Hall–Kier alpha value is -2.33. The minimum atomic E-state index is -3.85. The van der Waals surface area contributed by atoms with Gasteiger partial charge in [0.25, 0.3) is 0 Å². The first-order valence-electron chi connectivity index (χ1n) is 9.56. The van der Waals surface area contributed by atoms with E-state index in [2.05, 4.69) is 16.0 Å². The largest absolute Gasteiger partial charge is 0.341 e. The maximum absolute atomic E-state index is 12.9. The third-order valence-electron chi connectivity index (χ3n) is 4.98. The monoisotopic (exact) mass is 484 g/mol. The van der Waals surface area contributed by atoms with Crippen LogP contribution in [0.15, 0.2) is 47.4 Å². The number of piperidine rings is 1. The van der Waals surface area contributed by atoms with Gasteiger partial charge in [-0.25, -0.2) is 13.2 Å². The van der Waals surface area contributed by atoms with Gasteiger partial charge in [-0.05, 0) is 49.2 Å². The van der Waals surface area contributed by atoms with Crippen molar-refractivity contribution in [2.75, 3.05) is 30.8 Å². The first-order valence-corrected chi connectivity index (χ1v) is 11.8. The molecule has 3 rings (SSSR count). The first kappa shape index (κ1) is 23.3. The summed E-state index contributed by atoms with van der Waals surface area (Å²) in [5, 5.41) is 8.06. The molecule has 1 heterocycles. The number of benzene rings is 2. The Morgan fingerprint density at radius 1 is 0.935 bits per heavy atom. The quantitative estimate of drug-likeness (QED) is 0.599. The van der Waals surface area contributed by atoms with E-state index in [1.165, 1.54) is 23.5 Å². The molecule has 3 N–H and O–H groups in total. The van der Waals surface area contributed by atoms with Crippen molar-refractivity contribution in [1.82, 2.24) is 9.62 Å². The van der Waals surface area contributed by atoms with Gasteiger partial charge in [0.15, 0.2) is 0 Å². The van der Waals surface area contributed by atoms with Gasteiger partial charge in [0.1, 0.15) is 4.90 Å². The summed E-state index contributed by atoms with van der Waals surface area (Å²) in [6.45, 7) is 0.383. The van der Waals surface area contributed by atoms with Crippen LogP contribution in [0.3, 0.4) is 0 Å². The van der Waals surface area contributed by atoms with Crippen LogP contribution in [0.4, 0.5) is 16.2 Å². The van der Waals surface area contributed by atoms with Crippen molar-refractivity contribution in [3.05, 3.63) is 52.5 Å². The Balaban J connectivity index is 1.59. The fourth-order valence-electron chi connectivity index (χ4n) is 3.29. The number of urea groups is 1. The highest BCUT2D eigenvalue weighted by Gasteiger charge is 2.34. The summed E-state index contributed by atoms with van der Waals surface area (Å²) in [6.07, 6.45) is 0.757. The lowest BCUT2D eigenvalue weighted by Gasteiger charge is -2.31. The molecule has 0 bridgehead atoms. The second kappa shape index (κ2) is 9.86. The number of carbonyl (C=O) groups is 2. The van der Waals surface area contributed by atoms with Crippen molar-refractivity contribution in [3.8, 4) is 0 Å². The number of carbonyl (C=O) groups excluding carboxylic acids is 2. The summed E-state index contributed by atoms with van der Waals surface area (Å²) in [7, 11) is -2.33. The van der Waals surface area contributed by atoms with E-state index >= 15 is 0 Å². The molecule has 1 aliphatic heterocycles. The van der Waals surface area contributed by atoms with E-state index in [-0.39, 0.29) is 45.9 Å². The van der Waals surface area contributed by atoms with Crippen LogP contribution in [-0.4, -0.2) is 44.8 Å². The van der Waals surface area contributed by atoms with Crippen LogP contribution in [0.5, 0.6) is 0 Å². The standard InChI is InChI=1S/C20H22Cl2N4O4S/c1-23-20(28)25-15-7-5-14(6-8-15)24-19(27)13-9-11-26(12-10-13)31(29,30)18-16(21)3-2-4-17(18)22/h2-8,13H,9-12H2,1H3,(H,24,27)(H2,23,25,28). The van der Waals surface area contributed by atoms with Gasteiger partial charge in [0.05, 0.1) is 10.0 Å². The fourth-order valence-corrected chi connectivity index (χ4v) is 5.85. The fraction of sp³-hybridized carbons (Fsp3) is 0.300. The average Bonchev–Trinajstić information content (AvgIpc) is 2.74. The minimum Gasteiger partial charge on any atom is -0.341 e. The predicted molar refractivity (Wildman–Crippen MR) is 121 cm³/mol. The van der Waals surface area contributed by atoms with Crippen LogP contribution < -0.4 is 16.0 Å². The first-order chi connectivity index (χ1) is 14.7. The van der Waals surface area contributed by atoms with E-state index in [1.807, 2.05) is 0 Å². The maximum Gasteiger partial charge on any atom is 0.318 e. The minimum absolute atomic E-state index is 0.0710. The predicted octanol–water partition coefficient (Wildman–Crippen LogP) is 3.78. The van der Waals surface area contributed by atoms with Crippen LogP contribution in [0.1, 0.15) is 12.8 Å². The second-order valence-electron chi connectivity index (χ2n) is 7.00. The van der Waals surface area contributed by atoms with Gasteiger partial charge >= 0.3 is 6.03 Å². The SMILES string of the molecule is CNC(=O)Nc1ccc(NC(=O)C2CCN(S(=O)(=O)c3c(Cl)cccc3Cl)CC2)cc1. The van der Waals surface area contributed by atoms with Gasteiger partial charge in [0.2, 0.25) is 15.9 Å². The number of anilines is 2. The van der Waals surface area contributed by atoms with Crippen LogP contribution in [0.2, 0.25) is 10.0 Å². The average molecular weight is 485 g/mol. The van der Waals surface area contributed by atoms with Gasteiger partial charge in [-0.2, -0.15) is 4.31 Å². The van der Waals surface area contributed by atoms with E-state index in [0.29, 0.717) is 24.2 Å². The zero-order valence-corrected chi connectivity index (χ0v) is 19.0. The van der Waals surface area contributed by atoms with E-state index in [9.17, 15) is 18.0 Å². The zero-order chi connectivity index (χ0) is 22.6. The molecule has 1 saturated heterocycles. The molecule has 11 heteroatoms. The lowest BCUT2D eigenvalue weighted by Crippen LogP contribution is -2.41. The molecular weight excluding hydrogens is 463 g/mol. The summed E-state index contributed by atoms with van der Waals surface area (Å²) < 4.78 is 27.2. The molecule has 0 radical (unpaired) electrons. The number of amides is 3. The zero-order valence-electron chi connectivity index (χ0n) is 16.7. The van der Waals surface area contributed by atoms with Crippen LogP contribution in [0.25, 0.3) is 0 Å². The van der Waals surface area contributed by atoms with Crippen molar-refractivity contribution < 1.29 is 18.0 Å². The molecule has 0 aliphatic carbocycles. The van der Waals surface area contributed by atoms with Crippen molar-refractivity contribution in [1.29, 1.82) is 0 Å². The summed E-state index contributed by atoms with van der Waals surface area (Å²) in [5.74, 6) is -0.503. The summed E-state index contributed by atoms with van der Waals surface area (Å²) in [5.41, 5.74) is 1.18. The number of halogens is 2. The van der Waals surface area contributed by atoms with Gasteiger partial charge in [-0.3, -0.25) is 4.79 Å². The number of nitrogens with one attached hydrogen (secondary N) is 3. The molecular formula is C20H22Cl2N4O4S. The highest BCUT2D eigenvalue weighted by atomic mass is 35.5. The van der Waals surface area contributed by atoms with Gasteiger partial charge in [-0.1, -0.05) is 29.3 Å². The smallest absolute Gasteiger partial charge is 0.318 e. The Bertz CT molecular complexity index is 1050. The molecule has 2 aromatic rings. The van der Waals surface area contributed by atoms with Crippen molar-refractivity contribution >= 4 is 56.5 Å². The number of hydrogen-bond donors (Lipinski definition) is 3. The number of rotatable bonds is 5. The van der Waals surface area contributed by atoms with Crippen LogP contribution >= 0.6 is 23.2 Å². The van der Waals surface area contributed by atoms with Crippen molar-refractivity contribution in [2.45, 2.75) is 17.7 Å². The summed E-state index contributed by atoms with van der Waals surface area (Å²) in [4.78, 5) is 23.8. The maximum atomic E-state index is 12.9. The molecule has 0 atom stereocenters. The molecule has 3 amide bonds. The van der Waals surface area contributed by atoms with Crippen LogP contribution in [0, 0.1) is 5.92 Å². The lowest BCUT2D eigenvalue weighted by molar-refractivity contribution is -0.120. The molecule has 166 valence electrons. The molecule has 0 unspecified atom stereocenters. The summed E-state index contributed by atoms with van der Waals surface area (Å²) in [6, 6.07) is 10.9. The van der Waals surface area contributed by atoms with E-state index in [1.54, 1.807) is 30.3 Å². The molecule has 2 aromatic carbocycles. The normalized spacial score (nSPS) is 15.3. The summed E-state index contributed by atoms with van der Waals surface area (Å²) >= 11 is 12.1. The molecule has 1 fully saturated rings. The lowest BCUT2D eigenvalue weighted by atomic mass is 9.97. The van der Waals surface area contributed by atoms with Gasteiger partial charge < -0.3 is 16.0 Å². The molecule has 31 heavy (non-hydrogen) atoms. The van der Waals surface area contributed by atoms with Crippen molar-refractivity contribution in [2.24, 2.45) is 5.92 Å². The van der Waals surface area contributed by atoms with Gasteiger partial charge in [0, 0.05) is 37.4 Å². The Kier molecular flexibility index (Phi) is 7.42. The van der Waals surface area contributed by atoms with Gasteiger partial charge in [-0.15, -0.1) is 0 Å². The van der Waals surface area contributed by atoms with E-state index < -0.39 is 10.0 Å². The Labute approximate surface area is 191 Å².